The first kappa shape index (κ1) is 19.3. The summed E-state index contributed by atoms with van der Waals surface area (Å²) in [7, 11) is 0. The zero-order valence-electron chi connectivity index (χ0n) is 14.8. The van der Waals surface area contributed by atoms with Gasteiger partial charge in [-0.2, -0.15) is 0 Å². The number of thioether (sulfide) groups is 1. The molecule has 0 fully saturated rings. The molecule has 1 aromatic heterocycles. The minimum atomic E-state index is -0.410. The van der Waals surface area contributed by atoms with Gasteiger partial charge in [-0.1, -0.05) is 59.8 Å². The molecule has 0 radical (unpaired) electrons. The molecule has 138 valence electrons. The molecule has 1 N–H and O–H groups in total. The number of carbonyl (C=O) groups excluding carboxylic acids is 1. The summed E-state index contributed by atoms with van der Waals surface area (Å²) in [6.07, 6.45) is 1.39. The van der Waals surface area contributed by atoms with Crippen LogP contribution in [0.4, 0.5) is 10.1 Å². The van der Waals surface area contributed by atoms with Crippen LogP contribution in [0.25, 0.3) is 0 Å². The smallest absolute Gasteiger partial charge is 0.275 e. The predicted molar refractivity (Wildman–Crippen MR) is 107 cm³/mol. The van der Waals surface area contributed by atoms with Gasteiger partial charge in [0.25, 0.3) is 5.91 Å². The largest absolute Gasteiger partial charge is 0.320 e. The van der Waals surface area contributed by atoms with Crippen LogP contribution >= 0.6 is 23.4 Å². The topological polar surface area (TPSA) is 54.9 Å². The molecule has 0 atom stereocenters. The molecule has 0 saturated carbocycles. The lowest BCUT2D eigenvalue weighted by Crippen LogP contribution is -2.16. The maximum Gasteiger partial charge on any atom is 0.275 e. The molecule has 0 saturated heterocycles. The van der Waals surface area contributed by atoms with Crippen LogP contribution in [-0.2, 0) is 5.75 Å². The van der Waals surface area contributed by atoms with Crippen LogP contribution in [0.5, 0.6) is 0 Å². The van der Waals surface area contributed by atoms with Gasteiger partial charge in [0.05, 0.1) is 11.2 Å². The number of aryl methyl sites for hydroxylation is 2. The summed E-state index contributed by atoms with van der Waals surface area (Å²) in [5, 5.41) is 3.38. The van der Waals surface area contributed by atoms with Crippen LogP contribution < -0.4 is 5.32 Å². The average Bonchev–Trinajstić information content (AvgIpc) is 2.65. The standard InChI is InChI=1S/C20H17ClFN3OS/c1-12-6-5-7-13(2)17(12)24-19(26)18-15(21)10-23-20(25-18)27-11-14-8-3-4-9-16(14)22/h3-10H,11H2,1-2H3,(H,24,26). The Hall–Kier alpha value is -2.44. The first-order valence-corrected chi connectivity index (χ1v) is 9.58. The molecule has 0 aliphatic heterocycles. The molecule has 0 unspecified atom stereocenters. The van der Waals surface area contributed by atoms with E-state index in [4.69, 9.17) is 11.6 Å². The van der Waals surface area contributed by atoms with E-state index in [2.05, 4.69) is 15.3 Å². The Kier molecular flexibility index (Phi) is 6.08. The van der Waals surface area contributed by atoms with Crippen molar-refractivity contribution < 1.29 is 9.18 Å². The maximum absolute atomic E-state index is 13.7. The van der Waals surface area contributed by atoms with Gasteiger partial charge in [-0.05, 0) is 36.6 Å². The van der Waals surface area contributed by atoms with Crippen molar-refractivity contribution >= 4 is 35.0 Å². The zero-order valence-corrected chi connectivity index (χ0v) is 16.4. The Morgan fingerprint density at radius 3 is 2.56 bits per heavy atom. The van der Waals surface area contributed by atoms with Crippen molar-refractivity contribution in [3.63, 3.8) is 0 Å². The molecule has 1 amide bonds. The van der Waals surface area contributed by atoms with Gasteiger partial charge in [-0.3, -0.25) is 4.79 Å². The number of para-hydroxylation sites is 1. The highest BCUT2D eigenvalue weighted by Crippen LogP contribution is 2.25. The number of hydrogen-bond acceptors (Lipinski definition) is 4. The number of amides is 1. The Bertz CT molecular complexity index is 976. The van der Waals surface area contributed by atoms with E-state index >= 15 is 0 Å². The third kappa shape index (κ3) is 4.64. The molecule has 4 nitrogen and oxygen atoms in total. The highest BCUT2D eigenvalue weighted by atomic mass is 35.5. The summed E-state index contributed by atoms with van der Waals surface area (Å²) in [4.78, 5) is 21.0. The second-order valence-corrected chi connectivity index (χ2v) is 7.30. The third-order valence-electron chi connectivity index (χ3n) is 3.97. The molecular formula is C20H17ClFN3OS. The highest BCUT2D eigenvalue weighted by molar-refractivity contribution is 7.98. The van der Waals surface area contributed by atoms with Crippen molar-refractivity contribution in [2.75, 3.05) is 5.32 Å². The van der Waals surface area contributed by atoms with Crippen LogP contribution in [-0.4, -0.2) is 15.9 Å². The number of aromatic nitrogens is 2. The summed E-state index contributed by atoms with van der Waals surface area (Å²) >= 11 is 7.36. The molecule has 1 heterocycles. The molecule has 0 spiro atoms. The number of hydrogen-bond donors (Lipinski definition) is 1. The Balaban J connectivity index is 1.79. The molecule has 0 bridgehead atoms. The molecule has 0 aliphatic carbocycles. The van der Waals surface area contributed by atoms with E-state index in [-0.39, 0.29) is 16.5 Å². The normalized spacial score (nSPS) is 10.7. The summed E-state index contributed by atoms with van der Waals surface area (Å²) in [5.41, 5.74) is 3.26. The fourth-order valence-electron chi connectivity index (χ4n) is 2.52. The fourth-order valence-corrected chi connectivity index (χ4v) is 3.50. The van der Waals surface area contributed by atoms with Crippen LogP contribution in [0.15, 0.2) is 53.8 Å². The second-order valence-electron chi connectivity index (χ2n) is 5.95. The minimum Gasteiger partial charge on any atom is -0.320 e. The molecule has 27 heavy (non-hydrogen) atoms. The summed E-state index contributed by atoms with van der Waals surface area (Å²) in [6.45, 7) is 3.83. The fraction of sp³-hybridized carbons (Fsp3) is 0.150. The minimum absolute atomic E-state index is 0.0883. The van der Waals surface area contributed by atoms with Crippen LogP contribution in [0.3, 0.4) is 0 Å². The molecule has 7 heteroatoms. The van der Waals surface area contributed by atoms with Crippen molar-refractivity contribution in [1.82, 2.24) is 9.97 Å². The highest BCUT2D eigenvalue weighted by Gasteiger charge is 2.16. The van der Waals surface area contributed by atoms with Gasteiger partial charge in [0.15, 0.2) is 10.9 Å². The Labute approximate surface area is 166 Å². The van der Waals surface area contributed by atoms with E-state index in [1.165, 1.54) is 24.0 Å². The Morgan fingerprint density at radius 1 is 1.15 bits per heavy atom. The van der Waals surface area contributed by atoms with Gasteiger partial charge in [-0.25, -0.2) is 14.4 Å². The quantitative estimate of drug-likeness (QED) is 0.457. The maximum atomic E-state index is 13.7. The predicted octanol–water partition coefficient (Wildman–Crippen LogP) is 5.43. The van der Waals surface area contributed by atoms with Crippen molar-refractivity contribution in [1.29, 1.82) is 0 Å². The SMILES string of the molecule is Cc1cccc(C)c1NC(=O)c1nc(SCc2ccccc2F)ncc1Cl. The van der Waals surface area contributed by atoms with E-state index in [1.807, 2.05) is 32.0 Å². The number of nitrogens with one attached hydrogen (secondary N) is 1. The molecular weight excluding hydrogens is 385 g/mol. The number of halogens is 2. The Morgan fingerprint density at radius 2 is 1.85 bits per heavy atom. The lowest BCUT2D eigenvalue weighted by atomic mass is 10.1. The van der Waals surface area contributed by atoms with Crippen molar-refractivity contribution in [2.45, 2.75) is 24.8 Å². The van der Waals surface area contributed by atoms with Gasteiger partial charge >= 0.3 is 0 Å². The molecule has 0 aliphatic rings. The van der Waals surface area contributed by atoms with Gasteiger partial charge in [-0.15, -0.1) is 0 Å². The number of rotatable bonds is 5. The van der Waals surface area contributed by atoms with Crippen molar-refractivity contribution in [3.8, 4) is 0 Å². The van der Waals surface area contributed by atoms with Crippen LogP contribution in [0, 0.1) is 19.7 Å². The van der Waals surface area contributed by atoms with Gasteiger partial charge in [0.1, 0.15) is 5.82 Å². The van der Waals surface area contributed by atoms with E-state index in [9.17, 15) is 9.18 Å². The number of benzene rings is 2. The first-order chi connectivity index (χ1) is 13.0. The number of carbonyl (C=O) groups is 1. The molecule has 3 aromatic rings. The number of anilines is 1. The van der Waals surface area contributed by atoms with Gasteiger partial charge in [0.2, 0.25) is 0 Å². The summed E-state index contributed by atoms with van der Waals surface area (Å²) in [6, 6.07) is 12.3. The zero-order chi connectivity index (χ0) is 19.4. The summed E-state index contributed by atoms with van der Waals surface area (Å²) < 4.78 is 13.7. The van der Waals surface area contributed by atoms with Crippen molar-refractivity contribution in [2.24, 2.45) is 0 Å². The van der Waals surface area contributed by atoms with Gasteiger partial charge in [0, 0.05) is 11.4 Å². The molecule has 3 rings (SSSR count). The first-order valence-electron chi connectivity index (χ1n) is 8.22. The number of nitrogens with zero attached hydrogens (tertiary/aromatic N) is 2. The summed E-state index contributed by atoms with van der Waals surface area (Å²) in [5.74, 6) is -0.341. The van der Waals surface area contributed by atoms with E-state index < -0.39 is 5.91 Å². The van der Waals surface area contributed by atoms with E-state index in [0.717, 1.165) is 16.8 Å². The average molecular weight is 402 g/mol. The van der Waals surface area contributed by atoms with Crippen LogP contribution in [0.2, 0.25) is 5.02 Å². The van der Waals surface area contributed by atoms with Crippen molar-refractivity contribution in [3.05, 3.63) is 81.9 Å². The van der Waals surface area contributed by atoms with E-state index in [0.29, 0.717) is 16.5 Å². The second kappa shape index (κ2) is 8.50. The third-order valence-corrected chi connectivity index (χ3v) is 5.16. The van der Waals surface area contributed by atoms with Gasteiger partial charge < -0.3 is 5.32 Å². The van der Waals surface area contributed by atoms with E-state index in [1.54, 1.807) is 18.2 Å². The lowest BCUT2D eigenvalue weighted by Gasteiger charge is -2.12. The molecule has 2 aromatic carbocycles. The monoisotopic (exact) mass is 401 g/mol. The van der Waals surface area contributed by atoms with Crippen LogP contribution in [0.1, 0.15) is 27.2 Å². The lowest BCUT2D eigenvalue weighted by molar-refractivity contribution is 0.102.